The molecule has 0 radical (unpaired) electrons. The van der Waals surface area contributed by atoms with E-state index in [1.54, 1.807) is 49.6 Å². The molecule has 7 nitrogen and oxygen atoms in total. The first-order valence-electron chi connectivity index (χ1n) is 10.3. The Hall–Kier alpha value is -3.52. The second-order valence-electron chi connectivity index (χ2n) is 7.25. The van der Waals surface area contributed by atoms with E-state index in [9.17, 15) is 14.9 Å². The van der Waals surface area contributed by atoms with Crippen molar-refractivity contribution in [2.75, 3.05) is 20.8 Å². The highest BCUT2D eigenvalue weighted by atomic mass is 32.2. The molecular formula is C25H25NO6S. The van der Waals surface area contributed by atoms with Crippen molar-refractivity contribution in [3.63, 3.8) is 0 Å². The van der Waals surface area contributed by atoms with E-state index < -0.39 is 10.8 Å². The summed E-state index contributed by atoms with van der Waals surface area (Å²) >= 11 is 1.06. The third kappa shape index (κ3) is 7.25. The molecule has 33 heavy (non-hydrogen) atoms. The molecule has 0 saturated heterocycles. The maximum Gasteiger partial charge on any atom is 0.211 e. The van der Waals surface area contributed by atoms with E-state index in [1.165, 1.54) is 7.11 Å². The lowest BCUT2D eigenvalue weighted by atomic mass is 9.96. The summed E-state index contributed by atoms with van der Waals surface area (Å²) in [6.07, 6.45) is 0.0160. The third-order valence-corrected chi connectivity index (χ3v) is 5.87. The van der Waals surface area contributed by atoms with Gasteiger partial charge in [0.2, 0.25) is 6.54 Å². The maximum atomic E-state index is 12.7. The molecular weight excluding hydrogens is 442 g/mol. The first-order valence-corrected chi connectivity index (χ1v) is 11.1. The maximum absolute atomic E-state index is 12.7. The standard InChI is InChI=1S/C25H25NO6S/c1-30-21-9-11-22(12-10-21)33-25(27)15-20(16-26(28)29)19-8-13-23(31-2)24(14-19)32-17-18-6-4-3-5-7-18/h3-14,20H,15-17H2,1-2H3/t20-/m0/s1. The van der Waals surface area contributed by atoms with Gasteiger partial charge in [-0.25, -0.2) is 0 Å². The Kier molecular flexibility index (Phi) is 8.71. The molecule has 0 aliphatic carbocycles. The molecule has 3 aromatic rings. The van der Waals surface area contributed by atoms with Crippen LogP contribution in [0.3, 0.4) is 0 Å². The first kappa shape index (κ1) is 24.1. The van der Waals surface area contributed by atoms with Crippen molar-refractivity contribution >= 4 is 16.9 Å². The van der Waals surface area contributed by atoms with Crippen LogP contribution in [0, 0.1) is 10.1 Å². The van der Waals surface area contributed by atoms with Gasteiger partial charge in [-0.1, -0.05) is 48.2 Å². The van der Waals surface area contributed by atoms with Gasteiger partial charge in [0.1, 0.15) is 12.4 Å². The predicted octanol–water partition coefficient (Wildman–Crippen LogP) is 5.35. The van der Waals surface area contributed by atoms with Gasteiger partial charge >= 0.3 is 0 Å². The fraction of sp³-hybridized carbons (Fsp3) is 0.240. The summed E-state index contributed by atoms with van der Waals surface area (Å²) in [6.45, 7) is -0.0355. The van der Waals surface area contributed by atoms with Crippen LogP contribution >= 0.6 is 11.8 Å². The lowest BCUT2D eigenvalue weighted by Crippen LogP contribution is -2.15. The summed E-state index contributed by atoms with van der Waals surface area (Å²) < 4.78 is 16.5. The van der Waals surface area contributed by atoms with E-state index in [2.05, 4.69) is 0 Å². The van der Waals surface area contributed by atoms with E-state index >= 15 is 0 Å². The Balaban J connectivity index is 1.75. The molecule has 0 saturated carbocycles. The van der Waals surface area contributed by atoms with Crippen molar-refractivity contribution in [1.29, 1.82) is 0 Å². The second kappa shape index (κ2) is 11.9. The van der Waals surface area contributed by atoms with Crippen LogP contribution in [-0.2, 0) is 11.4 Å². The van der Waals surface area contributed by atoms with E-state index in [0.717, 1.165) is 22.2 Å². The summed E-state index contributed by atoms with van der Waals surface area (Å²) in [5, 5.41) is 11.2. The zero-order valence-electron chi connectivity index (χ0n) is 18.4. The minimum Gasteiger partial charge on any atom is -0.497 e. The smallest absolute Gasteiger partial charge is 0.211 e. The molecule has 0 spiro atoms. The molecule has 0 aromatic heterocycles. The van der Waals surface area contributed by atoms with Gasteiger partial charge in [-0.15, -0.1) is 0 Å². The summed E-state index contributed by atoms with van der Waals surface area (Å²) in [5.74, 6) is 1.10. The van der Waals surface area contributed by atoms with Crippen LogP contribution < -0.4 is 14.2 Å². The first-order chi connectivity index (χ1) is 16.0. The van der Waals surface area contributed by atoms with Gasteiger partial charge in [0, 0.05) is 16.2 Å². The van der Waals surface area contributed by atoms with Gasteiger partial charge in [0.25, 0.3) is 0 Å². The molecule has 8 heteroatoms. The van der Waals surface area contributed by atoms with Gasteiger partial charge in [-0.05, 0) is 47.5 Å². The zero-order chi connectivity index (χ0) is 23.6. The number of ether oxygens (including phenoxy) is 3. The van der Waals surface area contributed by atoms with E-state index in [0.29, 0.717) is 29.4 Å². The summed E-state index contributed by atoms with van der Waals surface area (Å²) in [5.41, 5.74) is 1.64. The molecule has 0 aliphatic rings. The minimum atomic E-state index is -0.594. The fourth-order valence-corrected chi connectivity index (χ4v) is 4.10. The van der Waals surface area contributed by atoms with Crippen molar-refractivity contribution in [2.24, 2.45) is 0 Å². The Morgan fingerprint density at radius 1 is 0.970 bits per heavy atom. The van der Waals surface area contributed by atoms with Gasteiger partial charge in [-0.3, -0.25) is 14.9 Å². The second-order valence-corrected chi connectivity index (χ2v) is 8.38. The van der Waals surface area contributed by atoms with Crippen molar-refractivity contribution in [1.82, 2.24) is 0 Å². The largest absolute Gasteiger partial charge is 0.497 e. The van der Waals surface area contributed by atoms with Crippen molar-refractivity contribution in [3.05, 3.63) is 94.0 Å². The third-order valence-electron chi connectivity index (χ3n) is 4.97. The molecule has 0 amide bonds. The molecule has 3 rings (SSSR count). The summed E-state index contributed by atoms with van der Waals surface area (Å²) in [6, 6.07) is 21.9. The Bertz CT molecular complexity index is 1070. The van der Waals surface area contributed by atoms with Crippen LogP contribution in [0.4, 0.5) is 0 Å². The molecule has 0 unspecified atom stereocenters. The van der Waals surface area contributed by atoms with Crippen LogP contribution in [0.1, 0.15) is 23.5 Å². The molecule has 172 valence electrons. The fourth-order valence-electron chi connectivity index (χ4n) is 3.28. The lowest BCUT2D eigenvalue weighted by molar-refractivity contribution is -0.483. The highest BCUT2D eigenvalue weighted by Gasteiger charge is 2.23. The minimum absolute atomic E-state index is 0.0160. The number of thioether (sulfide) groups is 1. The molecule has 0 fully saturated rings. The quantitative estimate of drug-likeness (QED) is 0.213. The number of rotatable bonds is 11. The summed E-state index contributed by atoms with van der Waals surface area (Å²) in [7, 11) is 3.11. The Morgan fingerprint density at radius 3 is 2.33 bits per heavy atom. The molecule has 0 bridgehead atoms. The average Bonchev–Trinajstić information content (AvgIpc) is 2.83. The number of benzene rings is 3. The number of hydrogen-bond donors (Lipinski definition) is 0. The highest BCUT2D eigenvalue weighted by Crippen LogP contribution is 2.34. The number of nitro groups is 1. The van der Waals surface area contributed by atoms with Crippen LogP contribution in [0.25, 0.3) is 0 Å². The van der Waals surface area contributed by atoms with E-state index in [-0.39, 0.29) is 18.1 Å². The van der Waals surface area contributed by atoms with Crippen molar-refractivity contribution in [3.8, 4) is 17.2 Å². The molecule has 0 aliphatic heterocycles. The van der Waals surface area contributed by atoms with Gasteiger partial charge in [0.15, 0.2) is 16.6 Å². The van der Waals surface area contributed by atoms with Crippen molar-refractivity contribution in [2.45, 2.75) is 23.8 Å². The SMILES string of the molecule is COc1ccc(SC(=O)C[C@@H](C[N+](=O)[O-])c2ccc(OC)c(OCc3ccccc3)c2)cc1. The number of hydrogen-bond acceptors (Lipinski definition) is 7. The van der Waals surface area contributed by atoms with Gasteiger partial charge < -0.3 is 14.2 Å². The van der Waals surface area contributed by atoms with Gasteiger partial charge in [-0.2, -0.15) is 0 Å². The van der Waals surface area contributed by atoms with Gasteiger partial charge in [0.05, 0.1) is 20.1 Å². The van der Waals surface area contributed by atoms with Crippen LogP contribution in [0.15, 0.2) is 77.7 Å². The van der Waals surface area contributed by atoms with E-state index in [4.69, 9.17) is 14.2 Å². The van der Waals surface area contributed by atoms with Crippen LogP contribution in [0.5, 0.6) is 17.2 Å². The van der Waals surface area contributed by atoms with Crippen LogP contribution in [0.2, 0.25) is 0 Å². The lowest BCUT2D eigenvalue weighted by Gasteiger charge is -2.16. The summed E-state index contributed by atoms with van der Waals surface area (Å²) in [4.78, 5) is 24.4. The van der Waals surface area contributed by atoms with Crippen molar-refractivity contribution < 1.29 is 23.9 Å². The average molecular weight is 468 g/mol. The number of methoxy groups -OCH3 is 2. The molecule has 3 aromatic carbocycles. The highest BCUT2D eigenvalue weighted by molar-refractivity contribution is 8.13. The molecule has 0 heterocycles. The Morgan fingerprint density at radius 2 is 1.70 bits per heavy atom. The normalized spacial score (nSPS) is 11.5. The van der Waals surface area contributed by atoms with E-state index in [1.807, 2.05) is 30.3 Å². The molecule has 0 N–H and O–H groups in total. The number of carbonyl (C=O) groups excluding carboxylic acids is 1. The number of nitrogens with zero attached hydrogens (tertiary/aromatic N) is 1. The predicted molar refractivity (Wildman–Crippen MR) is 127 cm³/mol. The zero-order valence-corrected chi connectivity index (χ0v) is 19.2. The Labute approximate surface area is 196 Å². The van der Waals surface area contributed by atoms with Crippen LogP contribution in [-0.4, -0.2) is 30.8 Å². The molecule has 1 atom stereocenters. The number of carbonyl (C=O) groups is 1. The topological polar surface area (TPSA) is 87.9 Å². The monoisotopic (exact) mass is 467 g/mol.